The van der Waals surface area contributed by atoms with Gasteiger partial charge in [-0.1, -0.05) is 19.8 Å². The maximum atomic E-state index is 6.24. The summed E-state index contributed by atoms with van der Waals surface area (Å²) < 4.78 is 6.24. The molecule has 3 heteroatoms. The van der Waals surface area contributed by atoms with Gasteiger partial charge in [-0.15, -0.1) is 0 Å². The highest BCUT2D eigenvalue weighted by Crippen LogP contribution is 2.36. The van der Waals surface area contributed by atoms with Gasteiger partial charge in [0.15, 0.2) is 0 Å². The van der Waals surface area contributed by atoms with Gasteiger partial charge >= 0.3 is 0 Å². The second-order valence-electron chi connectivity index (χ2n) is 6.52. The Kier molecular flexibility index (Phi) is 6.11. The van der Waals surface area contributed by atoms with E-state index in [1.54, 1.807) is 0 Å². The molecule has 2 N–H and O–H groups in total. The topological polar surface area (TPSA) is 38.5 Å². The summed E-state index contributed by atoms with van der Waals surface area (Å²) in [6.07, 6.45) is 10.4. The first-order valence-corrected chi connectivity index (χ1v) is 8.34. The first-order chi connectivity index (χ1) is 9.28. The fourth-order valence-corrected chi connectivity index (χ4v) is 3.71. The van der Waals surface area contributed by atoms with Gasteiger partial charge in [0.05, 0.1) is 12.2 Å². The quantitative estimate of drug-likeness (QED) is 0.771. The van der Waals surface area contributed by atoms with E-state index in [1.807, 2.05) is 0 Å². The molecule has 0 bridgehead atoms. The van der Waals surface area contributed by atoms with E-state index in [1.165, 1.54) is 64.5 Å². The SMILES string of the molecule is CCCC1CCC(CN)(OCCN2CCCC2)CC1. The molecule has 0 radical (unpaired) electrons. The molecule has 3 nitrogen and oxygen atoms in total. The molecule has 1 saturated carbocycles. The van der Waals surface area contributed by atoms with Crippen LogP contribution in [0.1, 0.15) is 58.3 Å². The highest BCUT2D eigenvalue weighted by atomic mass is 16.5. The minimum absolute atomic E-state index is 0.00393. The van der Waals surface area contributed by atoms with Crippen LogP contribution >= 0.6 is 0 Å². The van der Waals surface area contributed by atoms with Crippen molar-refractivity contribution in [3.05, 3.63) is 0 Å². The maximum Gasteiger partial charge on any atom is 0.0805 e. The summed E-state index contributed by atoms with van der Waals surface area (Å²) in [5, 5.41) is 0. The molecule has 19 heavy (non-hydrogen) atoms. The van der Waals surface area contributed by atoms with Gasteiger partial charge in [-0.25, -0.2) is 0 Å². The second-order valence-corrected chi connectivity index (χ2v) is 6.52. The summed E-state index contributed by atoms with van der Waals surface area (Å²) >= 11 is 0. The lowest BCUT2D eigenvalue weighted by atomic mass is 9.77. The highest BCUT2D eigenvalue weighted by Gasteiger charge is 2.34. The average molecular weight is 268 g/mol. The summed E-state index contributed by atoms with van der Waals surface area (Å²) in [5.41, 5.74) is 6.02. The molecule has 0 spiro atoms. The molecular weight excluding hydrogens is 236 g/mol. The van der Waals surface area contributed by atoms with Gasteiger partial charge in [-0.3, -0.25) is 0 Å². The normalized spacial score (nSPS) is 32.8. The molecule has 0 aromatic rings. The van der Waals surface area contributed by atoms with Crippen molar-refractivity contribution in [2.75, 3.05) is 32.8 Å². The van der Waals surface area contributed by atoms with Crippen LogP contribution in [-0.2, 0) is 4.74 Å². The lowest BCUT2D eigenvalue weighted by Gasteiger charge is -2.39. The molecule has 1 saturated heterocycles. The van der Waals surface area contributed by atoms with E-state index in [9.17, 15) is 0 Å². The Morgan fingerprint density at radius 2 is 1.89 bits per heavy atom. The fraction of sp³-hybridized carbons (Fsp3) is 1.00. The highest BCUT2D eigenvalue weighted by molar-refractivity contribution is 4.88. The van der Waals surface area contributed by atoms with Crippen LogP contribution < -0.4 is 5.73 Å². The molecule has 1 heterocycles. The molecule has 0 aromatic heterocycles. The summed E-state index contributed by atoms with van der Waals surface area (Å²) in [7, 11) is 0. The molecule has 112 valence electrons. The maximum absolute atomic E-state index is 6.24. The van der Waals surface area contributed by atoms with E-state index in [4.69, 9.17) is 10.5 Å². The van der Waals surface area contributed by atoms with Gasteiger partial charge < -0.3 is 15.4 Å². The summed E-state index contributed by atoms with van der Waals surface area (Å²) in [4.78, 5) is 2.52. The Labute approximate surface area is 118 Å². The minimum atomic E-state index is 0.00393. The fourth-order valence-electron chi connectivity index (χ4n) is 3.71. The van der Waals surface area contributed by atoms with Crippen LogP contribution in [0.15, 0.2) is 0 Å². The van der Waals surface area contributed by atoms with Crippen LogP contribution in [0, 0.1) is 5.92 Å². The van der Waals surface area contributed by atoms with Gasteiger partial charge in [0.1, 0.15) is 0 Å². The van der Waals surface area contributed by atoms with Gasteiger partial charge in [-0.2, -0.15) is 0 Å². The lowest BCUT2D eigenvalue weighted by Crippen LogP contribution is -2.45. The molecule has 1 aliphatic carbocycles. The van der Waals surface area contributed by atoms with Crippen molar-refractivity contribution >= 4 is 0 Å². The number of nitrogens with two attached hydrogens (primary N) is 1. The first kappa shape index (κ1) is 15.3. The van der Waals surface area contributed by atoms with Crippen LogP contribution in [-0.4, -0.2) is 43.3 Å². The Bertz CT molecular complexity index is 243. The van der Waals surface area contributed by atoms with Crippen molar-refractivity contribution in [3.8, 4) is 0 Å². The zero-order valence-electron chi connectivity index (χ0n) is 12.7. The standard InChI is InChI=1S/C16H32N2O/c1-2-5-15-6-8-16(14-17,9-7-15)19-13-12-18-10-3-4-11-18/h15H,2-14,17H2,1H3. The van der Waals surface area contributed by atoms with Crippen LogP contribution in [0.2, 0.25) is 0 Å². The molecule has 0 aromatic carbocycles. The van der Waals surface area contributed by atoms with E-state index in [2.05, 4.69) is 11.8 Å². The van der Waals surface area contributed by atoms with E-state index >= 15 is 0 Å². The third-order valence-corrected chi connectivity index (χ3v) is 5.10. The van der Waals surface area contributed by atoms with Crippen LogP contribution in [0.5, 0.6) is 0 Å². The third kappa shape index (κ3) is 4.44. The smallest absolute Gasteiger partial charge is 0.0805 e. The summed E-state index contributed by atoms with van der Waals surface area (Å²) in [6.45, 7) is 7.48. The second kappa shape index (κ2) is 7.61. The van der Waals surface area contributed by atoms with Crippen molar-refractivity contribution in [3.63, 3.8) is 0 Å². The predicted octanol–water partition coefficient (Wildman–Crippen LogP) is 2.79. The monoisotopic (exact) mass is 268 g/mol. The van der Waals surface area contributed by atoms with Crippen molar-refractivity contribution in [2.24, 2.45) is 11.7 Å². The molecule has 2 rings (SSSR count). The Morgan fingerprint density at radius 3 is 2.47 bits per heavy atom. The molecule has 1 aliphatic heterocycles. The van der Waals surface area contributed by atoms with Crippen LogP contribution in [0.25, 0.3) is 0 Å². The zero-order valence-corrected chi connectivity index (χ0v) is 12.7. The number of rotatable bonds is 7. The van der Waals surface area contributed by atoms with E-state index in [0.29, 0.717) is 6.54 Å². The Hall–Kier alpha value is -0.120. The predicted molar refractivity (Wildman–Crippen MR) is 80.3 cm³/mol. The number of ether oxygens (including phenoxy) is 1. The minimum Gasteiger partial charge on any atom is -0.372 e. The summed E-state index contributed by atoms with van der Waals surface area (Å²) in [6, 6.07) is 0. The largest absolute Gasteiger partial charge is 0.372 e. The number of hydrogen-bond donors (Lipinski definition) is 1. The Morgan fingerprint density at radius 1 is 1.21 bits per heavy atom. The molecule has 2 aliphatic rings. The number of nitrogens with zero attached hydrogens (tertiary/aromatic N) is 1. The van der Waals surface area contributed by atoms with Crippen LogP contribution in [0.4, 0.5) is 0 Å². The van der Waals surface area contributed by atoms with E-state index in [-0.39, 0.29) is 5.60 Å². The van der Waals surface area contributed by atoms with Gasteiger partial charge in [0.2, 0.25) is 0 Å². The van der Waals surface area contributed by atoms with Crippen LogP contribution in [0.3, 0.4) is 0 Å². The molecule has 0 atom stereocenters. The van der Waals surface area contributed by atoms with Crippen molar-refractivity contribution < 1.29 is 4.74 Å². The van der Waals surface area contributed by atoms with E-state index < -0.39 is 0 Å². The van der Waals surface area contributed by atoms with Crippen molar-refractivity contribution in [2.45, 2.75) is 63.9 Å². The first-order valence-electron chi connectivity index (χ1n) is 8.34. The van der Waals surface area contributed by atoms with E-state index in [0.717, 1.165) is 19.1 Å². The van der Waals surface area contributed by atoms with Gasteiger partial charge in [0, 0.05) is 13.1 Å². The van der Waals surface area contributed by atoms with Crippen molar-refractivity contribution in [1.82, 2.24) is 4.90 Å². The number of hydrogen-bond acceptors (Lipinski definition) is 3. The number of likely N-dealkylation sites (tertiary alicyclic amines) is 1. The average Bonchev–Trinajstić information content (AvgIpc) is 2.95. The zero-order chi connectivity index (χ0) is 13.6. The molecular formula is C16H32N2O. The Balaban J connectivity index is 1.69. The summed E-state index contributed by atoms with van der Waals surface area (Å²) in [5.74, 6) is 0.923. The lowest BCUT2D eigenvalue weighted by molar-refractivity contribution is -0.0760. The van der Waals surface area contributed by atoms with Gasteiger partial charge in [0.25, 0.3) is 0 Å². The molecule has 0 amide bonds. The molecule has 0 unspecified atom stereocenters. The van der Waals surface area contributed by atoms with Gasteiger partial charge in [-0.05, 0) is 57.5 Å². The third-order valence-electron chi connectivity index (χ3n) is 5.10. The molecule has 2 fully saturated rings. The van der Waals surface area contributed by atoms with Crippen molar-refractivity contribution in [1.29, 1.82) is 0 Å².